The zero-order chi connectivity index (χ0) is 44.5. The summed E-state index contributed by atoms with van der Waals surface area (Å²) in [5.41, 5.74) is 5.40. The van der Waals surface area contributed by atoms with Gasteiger partial charge in [0, 0.05) is 0 Å². The van der Waals surface area contributed by atoms with Gasteiger partial charge in [-0.15, -0.1) is 0 Å². The number of hydrogen-bond donors (Lipinski definition) is 0. The third-order valence-electron chi connectivity index (χ3n) is 19.4. The first-order valence-electron chi connectivity index (χ1n) is 27.8. The Balaban J connectivity index is 0.000000166. The molecule has 8 saturated carbocycles. The quantitative estimate of drug-likeness (QED) is 0.228. The largest absolute Gasteiger partial charge is 0.0599 e. The van der Waals surface area contributed by atoms with Crippen molar-refractivity contribution in [2.45, 2.75) is 309 Å². The topological polar surface area (TPSA) is 0 Å². The third-order valence-corrected chi connectivity index (χ3v) is 19.4. The van der Waals surface area contributed by atoms with E-state index in [-0.39, 0.29) is 0 Å². The summed E-state index contributed by atoms with van der Waals surface area (Å²) in [4.78, 5) is 0. The van der Waals surface area contributed by atoms with Crippen molar-refractivity contribution in [3.8, 4) is 0 Å². The molecule has 1 atom stereocenters. The molecule has 0 heteroatoms. The van der Waals surface area contributed by atoms with E-state index >= 15 is 0 Å². The van der Waals surface area contributed by atoms with Crippen molar-refractivity contribution in [2.24, 2.45) is 72.9 Å². The second-order valence-electron chi connectivity index (χ2n) is 29.2. The van der Waals surface area contributed by atoms with Crippen molar-refractivity contribution < 1.29 is 0 Å². The molecule has 0 amide bonds. The summed E-state index contributed by atoms with van der Waals surface area (Å²) in [6.07, 6.45) is 48.1. The lowest BCUT2D eigenvalue weighted by atomic mass is 9.47. The van der Waals surface area contributed by atoms with E-state index in [0.29, 0.717) is 27.1 Å². The Kier molecular flexibility index (Phi) is 19.3. The smallest absolute Gasteiger partial charge is 0.0261 e. The fourth-order valence-electron chi connectivity index (χ4n) is 14.0. The summed E-state index contributed by atoms with van der Waals surface area (Å²) in [5.74, 6) is 5.04. The molecule has 0 heterocycles. The SMILES string of the molecule is CC(C)(C)C1CC12CCCC2.CC(C)(C)C1CC2(CCC2)C1.CC(C)(C)C1CCC2(CCC2)CC1.CC(C)(C)C1CCCCCCC1.CC(C)(C)C1CCCCCCCC1. The predicted octanol–water partition coefficient (Wildman–Crippen LogP) is 20.8. The standard InChI is InChI=1S/C13H24.C13H26.C12H24.2C11H20/c1-12(2,3)11-5-9-13(10-6-11)7-4-8-13;1-13(2,3)12-10-8-6-4-5-7-9-11-12;1-12(2,3)11-9-7-5-4-6-8-10-11;1-10(2,3)9-7-11(8-9)5-4-6-11;1-10(2,3)9-8-11(9)6-4-5-7-11/h11H,4-10H2,1-3H3;12H,4-11H2,1-3H3;11H,4-10H2,1-3H3;2*9H,4-8H2,1-3H3. The molecule has 0 aromatic heterocycles. The van der Waals surface area contributed by atoms with Gasteiger partial charge < -0.3 is 0 Å². The Morgan fingerprint density at radius 1 is 0.250 bits per heavy atom. The van der Waals surface area contributed by atoms with Crippen molar-refractivity contribution in [3.05, 3.63) is 0 Å². The molecule has 8 fully saturated rings. The number of hydrogen-bond acceptors (Lipinski definition) is 0. The summed E-state index contributed by atoms with van der Waals surface area (Å²) >= 11 is 0. The maximum absolute atomic E-state index is 2.41. The van der Waals surface area contributed by atoms with Gasteiger partial charge in [0.25, 0.3) is 0 Å². The molecular weight excluding hydrogens is 721 g/mol. The minimum absolute atomic E-state index is 0.546. The van der Waals surface area contributed by atoms with Gasteiger partial charge in [-0.2, -0.15) is 0 Å². The summed E-state index contributed by atoms with van der Waals surface area (Å²) in [7, 11) is 0. The fourth-order valence-corrected chi connectivity index (χ4v) is 14.0. The second kappa shape index (κ2) is 22.0. The monoisotopic (exact) mass is 835 g/mol. The van der Waals surface area contributed by atoms with Crippen LogP contribution in [0.5, 0.6) is 0 Å². The minimum atomic E-state index is 0.546. The van der Waals surface area contributed by atoms with Crippen LogP contribution < -0.4 is 0 Å². The average Bonchev–Trinajstić information content (AvgIpc) is 3.54. The van der Waals surface area contributed by atoms with Gasteiger partial charge in [0.2, 0.25) is 0 Å². The molecule has 0 aliphatic heterocycles. The Hall–Kier alpha value is 0. The van der Waals surface area contributed by atoms with E-state index in [0.717, 1.165) is 45.8 Å². The van der Waals surface area contributed by atoms with Crippen molar-refractivity contribution in [3.63, 3.8) is 0 Å². The maximum Gasteiger partial charge on any atom is -0.0261 e. The molecule has 0 bridgehead atoms. The van der Waals surface area contributed by atoms with Crippen LogP contribution in [0, 0.1) is 72.9 Å². The highest BCUT2D eigenvalue weighted by atomic mass is 14.6. The molecule has 3 spiro atoms. The summed E-state index contributed by atoms with van der Waals surface area (Å²) in [5, 5.41) is 0. The van der Waals surface area contributed by atoms with Crippen LogP contribution in [-0.2, 0) is 0 Å². The molecule has 60 heavy (non-hydrogen) atoms. The highest BCUT2D eigenvalue weighted by Gasteiger charge is 2.59. The normalized spacial score (nSPS) is 28.6. The zero-order valence-electron chi connectivity index (χ0n) is 44.5. The van der Waals surface area contributed by atoms with Gasteiger partial charge in [-0.25, -0.2) is 0 Å². The zero-order valence-corrected chi connectivity index (χ0v) is 44.5. The van der Waals surface area contributed by atoms with E-state index in [1.807, 2.05) is 0 Å². The molecular formula is C60H114. The highest BCUT2D eigenvalue weighted by Crippen LogP contribution is 2.68. The van der Waals surface area contributed by atoms with Gasteiger partial charge in [-0.1, -0.05) is 200 Å². The van der Waals surface area contributed by atoms with E-state index in [1.165, 1.54) is 180 Å². The Bertz CT molecular complexity index is 1140. The lowest BCUT2D eigenvalue weighted by molar-refractivity contribution is -0.0700. The fraction of sp³-hybridized carbons (Fsp3) is 1.00. The van der Waals surface area contributed by atoms with E-state index in [1.54, 1.807) is 25.7 Å². The molecule has 0 saturated heterocycles. The molecule has 1 unspecified atom stereocenters. The predicted molar refractivity (Wildman–Crippen MR) is 270 cm³/mol. The van der Waals surface area contributed by atoms with Gasteiger partial charge in [-0.05, 0) is 182 Å². The van der Waals surface area contributed by atoms with Crippen LogP contribution in [0.3, 0.4) is 0 Å². The van der Waals surface area contributed by atoms with Gasteiger partial charge in [0.15, 0.2) is 0 Å². The van der Waals surface area contributed by atoms with Crippen LogP contribution in [-0.4, -0.2) is 0 Å². The van der Waals surface area contributed by atoms with Crippen LogP contribution in [0.25, 0.3) is 0 Å². The van der Waals surface area contributed by atoms with Gasteiger partial charge in [0.1, 0.15) is 0 Å². The molecule has 8 aliphatic carbocycles. The first-order chi connectivity index (χ1) is 27.8. The van der Waals surface area contributed by atoms with Crippen molar-refractivity contribution in [2.75, 3.05) is 0 Å². The van der Waals surface area contributed by atoms with E-state index in [9.17, 15) is 0 Å². The van der Waals surface area contributed by atoms with Crippen LogP contribution in [0.2, 0.25) is 0 Å². The van der Waals surface area contributed by atoms with Crippen LogP contribution >= 0.6 is 0 Å². The highest BCUT2D eigenvalue weighted by molar-refractivity contribution is 5.08. The number of rotatable bonds is 0. The Morgan fingerprint density at radius 2 is 0.567 bits per heavy atom. The molecule has 0 aromatic carbocycles. The van der Waals surface area contributed by atoms with Crippen LogP contribution in [0.4, 0.5) is 0 Å². The van der Waals surface area contributed by atoms with Gasteiger partial charge in [-0.3, -0.25) is 0 Å². The van der Waals surface area contributed by atoms with Crippen molar-refractivity contribution in [1.82, 2.24) is 0 Å². The van der Waals surface area contributed by atoms with Crippen LogP contribution in [0.15, 0.2) is 0 Å². The average molecular weight is 836 g/mol. The summed E-state index contributed by atoms with van der Waals surface area (Å²) in [6.45, 7) is 36.1. The molecule has 0 aromatic rings. The van der Waals surface area contributed by atoms with Gasteiger partial charge >= 0.3 is 0 Å². The summed E-state index contributed by atoms with van der Waals surface area (Å²) in [6, 6.07) is 0. The molecule has 354 valence electrons. The second-order valence-corrected chi connectivity index (χ2v) is 29.2. The van der Waals surface area contributed by atoms with Gasteiger partial charge in [0.05, 0.1) is 0 Å². The lowest BCUT2D eigenvalue weighted by Crippen LogP contribution is -2.47. The molecule has 0 radical (unpaired) electrons. The van der Waals surface area contributed by atoms with Crippen molar-refractivity contribution in [1.29, 1.82) is 0 Å². The Morgan fingerprint density at radius 3 is 0.833 bits per heavy atom. The van der Waals surface area contributed by atoms with E-state index in [2.05, 4.69) is 104 Å². The van der Waals surface area contributed by atoms with E-state index in [4.69, 9.17) is 0 Å². The summed E-state index contributed by atoms with van der Waals surface area (Å²) < 4.78 is 0. The van der Waals surface area contributed by atoms with Crippen molar-refractivity contribution >= 4 is 0 Å². The molecule has 0 nitrogen and oxygen atoms in total. The lowest BCUT2D eigenvalue weighted by Gasteiger charge is -2.58. The Labute approximate surface area is 380 Å². The molecule has 8 rings (SSSR count). The van der Waals surface area contributed by atoms with Crippen LogP contribution in [0.1, 0.15) is 309 Å². The first kappa shape index (κ1) is 52.6. The molecule has 0 N–H and O–H groups in total. The van der Waals surface area contributed by atoms with E-state index < -0.39 is 0 Å². The minimum Gasteiger partial charge on any atom is -0.0599 e. The third kappa shape index (κ3) is 16.5. The first-order valence-corrected chi connectivity index (χ1v) is 27.8. The molecule has 8 aliphatic rings. The maximum atomic E-state index is 2.41.